The van der Waals surface area contributed by atoms with Gasteiger partial charge in [-0.1, -0.05) is 17.2 Å². The van der Waals surface area contributed by atoms with Gasteiger partial charge in [-0.2, -0.15) is 25.3 Å². The van der Waals surface area contributed by atoms with E-state index in [1.165, 1.54) is 62.8 Å². The molecule has 10 N–H and O–H groups in total. The fraction of sp³-hybridized carbons (Fsp3) is 0.0588. The normalized spacial score (nSPS) is 12.8. The van der Waals surface area contributed by atoms with Gasteiger partial charge in [-0.3, -0.25) is 13.7 Å². The summed E-state index contributed by atoms with van der Waals surface area (Å²) in [4.78, 5) is -2.68. The molecular formula is C34H28N8O17S4. The molecular weight excluding hydrogens is 921 g/mol. The van der Waals surface area contributed by atoms with Gasteiger partial charge >= 0.3 is 0 Å². The number of benzene rings is 6. The van der Waals surface area contributed by atoms with Crippen LogP contribution in [-0.2, 0) is 39.7 Å². The maximum Gasteiger partial charge on any atom is 0.296 e. The Morgan fingerprint density at radius 1 is 0.619 bits per heavy atom. The Morgan fingerprint density at radius 3 is 1.59 bits per heavy atom. The van der Waals surface area contributed by atoms with Crippen LogP contribution in [0.3, 0.4) is 0 Å². The first-order valence-corrected chi connectivity index (χ1v) is 21.8. The topological polar surface area (TPSA) is 401 Å². The van der Waals surface area contributed by atoms with Gasteiger partial charge in [-0.05, 0) is 47.3 Å². The second kappa shape index (κ2) is 17.5. The van der Waals surface area contributed by atoms with Crippen LogP contribution >= 0.6 is 12.0 Å². The standard InChI is InChI=1S/C34H28N8O17S4/c1-56-23-11-15(3-7-19(23)37-40-22-10-6-18-27(62(50,51)52)14-28(63(53,54)55)32(36)30(18)34(22)44)41-42(45)16-4-8-20(24(12-16)57-2)38-39-21-9-5-17-26(61(47,48)49)13-25(60-59-58-46)31(35)29(17)33(21)43/h3-14,43-44,46H,35-36H2,1-2H3,(H,47,48,49)(H,50,51,52)(H,53,54,55). The number of methoxy groups -OCH3 is 2. The molecule has 0 saturated carbocycles. The van der Waals surface area contributed by atoms with Crippen LogP contribution < -0.4 is 20.9 Å². The van der Waals surface area contributed by atoms with Gasteiger partial charge in [0.05, 0.1) is 59.4 Å². The number of fused-ring (bicyclic) bond motifs is 2. The number of phenols is 2. The van der Waals surface area contributed by atoms with Crippen LogP contribution in [0, 0.1) is 5.21 Å². The molecule has 6 aromatic carbocycles. The highest BCUT2D eigenvalue weighted by molar-refractivity contribution is 7.94. The van der Waals surface area contributed by atoms with Crippen molar-refractivity contribution in [2.75, 3.05) is 25.7 Å². The minimum absolute atomic E-state index is 0.0102. The van der Waals surface area contributed by atoms with Crippen LogP contribution in [0.1, 0.15) is 0 Å². The second-order valence-corrected chi connectivity index (χ2v) is 17.3. The maximum absolute atomic E-state index is 13.2. The summed E-state index contributed by atoms with van der Waals surface area (Å²) in [6, 6.07) is 13.8. The fourth-order valence-electron chi connectivity index (χ4n) is 5.89. The number of azo groups is 3. The third-order valence-electron chi connectivity index (χ3n) is 8.71. The highest BCUT2D eigenvalue weighted by atomic mass is 32.2. The van der Waals surface area contributed by atoms with Crippen molar-refractivity contribution in [3.63, 3.8) is 0 Å². The zero-order valence-corrected chi connectivity index (χ0v) is 34.8. The Kier molecular flexibility index (Phi) is 12.7. The summed E-state index contributed by atoms with van der Waals surface area (Å²) < 4.78 is 116. The summed E-state index contributed by atoms with van der Waals surface area (Å²) in [5.74, 6) is -1.49. The molecule has 0 aliphatic heterocycles. The van der Waals surface area contributed by atoms with E-state index >= 15 is 0 Å². The zero-order valence-electron chi connectivity index (χ0n) is 31.6. The predicted octanol–water partition coefficient (Wildman–Crippen LogP) is 7.51. The minimum atomic E-state index is -5.14. The summed E-state index contributed by atoms with van der Waals surface area (Å²) >= 11 is 0.277. The number of nitrogens with zero attached hydrogens (tertiary/aromatic N) is 6. The van der Waals surface area contributed by atoms with E-state index in [0.717, 1.165) is 18.2 Å². The minimum Gasteiger partial charge on any atom is -0.594 e. The van der Waals surface area contributed by atoms with Crippen LogP contribution in [0.25, 0.3) is 21.5 Å². The first kappa shape index (κ1) is 45.7. The van der Waals surface area contributed by atoms with Gasteiger partial charge in [0.1, 0.15) is 48.9 Å². The van der Waals surface area contributed by atoms with E-state index in [2.05, 4.69) is 34.9 Å². The summed E-state index contributed by atoms with van der Waals surface area (Å²) in [6.07, 6.45) is 0. The van der Waals surface area contributed by atoms with Crippen molar-refractivity contribution in [1.82, 2.24) is 0 Å². The molecule has 0 amide bonds. The highest BCUT2D eigenvalue weighted by Crippen LogP contribution is 2.47. The highest BCUT2D eigenvalue weighted by Gasteiger charge is 2.27. The smallest absolute Gasteiger partial charge is 0.296 e. The van der Waals surface area contributed by atoms with Crippen molar-refractivity contribution < 1.29 is 78.1 Å². The number of hydrogen-bond acceptors (Lipinski definition) is 22. The summed E-state index contributed by atoms with van der Waals surface area (Å²) in [6.45, 7) is 0. The van der Waals surface area contributed by atoms with Crippen molar-refractivity contribution in [2.24, 2.45) is 25.6 Å². The van der Waals surface area contributed by atoms with Crippen molar-refractivity contribution >= 4 is 109 Å². The van der Waals surface area contributed by atoms with Crippen LogP contribution in [-0.4, -0.2) is 73.5 Å². The van der Waals surface area contributed by atoms with E-state index in [1.54, 1.807) is 0 Å². The third-order valence-corrected chi connectivity index (χ3v) is 12.0. The van der Waals surface area contributed by atoms with Crippen LogP contribution in [0.15, 0.2) is 118 Å². The van der Waals surface area contributed by atoms with Crippen molar-refractivity contribution in [2.45, 2.75) is 19.6 Å². The zero-order chi connectivity index (χ0) is 46.2. The molecule has 0 bridgehead atoms. The molecule has 29 heteroatoms. The van der Waals surface area contributed by atoms with E-state index < -0.39 is 73.0 Å². The Bertz CT molecular complexity index is 3300. The molecule has 6 rings (SSSR count). The van der Waals surface area contributed by atoms with Crippen LogP contribution in [0.5, 0.6) is 23.0 Å². The predicted molar refractivity (Wildman–Crippen MR) is 220 cm³/mol. The van der Waals surface area contributed by atoms with E-state index in [-0.39, 0.29) is 83.9 Å². The third kappa shape index (κ3) is 9.36. The van der Waals surface area contributed by atoms with Crippen LogP contribution in [0.2, 0.25) is 0 Å². The molecule has 0 fully saturated rings. The molecule has 0 spiro atoms. The lowest BCUT2D eigenvalue weighted by Crippen LogP contribution is -2.08. The summed E-state index contributed by atoms with van der Waals surface area (Å²) in [5, 5.41) is 65.9. The Labute approximate surface area is 358 Å². The molecule has 0 heterocycles. The second-order valence-electron chi connectivity index (χ2n) is 12.4. The Hall–Kier alpha value is -6.80. The number of hydrogen-bond donors (Lipinski definition) is 8. The lowest BCUT2D eigenvalue weighted by atomic mass is 10.1. The van der Waals surface area contributed by atoms with E-state index in [1.807, 2.05) is 0 Å². The Balaban J connectivity index is 1.28. The van der Waals surface area contributed by atoms with E-state index in [0.29, 0.717) is 6.07 Å². The SMILES string of the molecule is COc1cc([N+]([O-])=Nc2ccc(N=Nc3ccc4c(S(=O)(=O)O)cc(S(=O)(=O)O)c(N)c4c3O)c(OC)c2)ccc1N=Nc1ccc2c(S(=O)(=O)O)cc(SOOO)c(N)c2c1O. The number of nitrogen functional groups attached to an aromatic ring is 2. The molecule has 6 aromatic rings. The van der Waals surface area contributed by atoms with E-state index in [4.69, 9.17) is 26.2 Å². The average Bonchev–Trinajstić information content (AvgIpc) is 3.21. The average molecular weight is 949 g/mol. The van der Waals surface area contributed by atoms with Gasteiger partial charge in [0, 0.05) is 28.0 Å². The Morgan fingerprint density at radius 2 is 1.08 bits per heavy atom. The summed E-state index contributed by atoms with van der Waals surface area (Å²) in [5.41, 5.74) is 10.5. The van der Waals surface area contributed by atoms with Crippen molar-refractivity contribution in [3.05, 3.63) is 78.0 Å². The van der Waals surface area contributed by atoms with Crippen LogP contribution in [0.4, 0.5) is 45.5 Å². The van der Waals surface area contributed by atoms with Gasteiger partial charge in [0.15, 0.2) is 17.2 Å². The molecule has 25 nitrogen and oxygen atoms in total. The van der Waals surface area contributed by atoms with Gasteiger partial charge in [0.25, 0.3) is 30.4 Å². The van der Waals surface area contributed by atoms with Gasteiger partial charge in [-0.25, -0.2) is 5.26 Å². The molecule has 0 unspecified atom stereocenters. The molecule has 0 atom stereocenters. The molecule has 0 aliphatic rings. The van der Waals surface area contributed by atoms with Gasteiger partial charge in [0.2, 0.25) is 5.69 Å². The summed E-state index contributed by atoms with van der Waals surface area (Å²) in [7, 11) is -12.6. The number of rotatable bonds is 14. The fourth-order valence-corrected chi connectivity index (χ4v) is 8.58. The maximum atomic E-state index is 13.2. The molecule has 63 heavy (non-hydrogen) atoms. The number of phenolic OH excluding ortho intramolecular Hbond substituents is 2. The van der Waals surface area contributed by atoms with Crippen molar-refractivity contribution in [3.8, 4) is 23.0 Å². The quantitative estimate of drug-likeness (QED) is 0.00995. The number of nitrogens with two attached hydrogens (primary N) is 2. The monoisotopic (exact) mass is 948 g/mol. The molecule has 0 radical (unpaired) electrons. The lowest BCUT2D eigenvalue weighted by molar-refractivity contribution is -0.435. The largest absolute Gasteiger partial charge is 0.594 e. The molecule has 0 aliphatic carbocycles. The first-order chi connectivity index (χ1) is 29.6. The van der Waals surface area contributed by atoms with Gasteiger partial charge in [-0.15, -0.1) is 24.8 Å². The molecule has 330 valence electrons. The number of ether oxygens (including phenoxy) is 2. The first-order valence-electron chi connectivity index (χ1n) is 16.7. The number of anilines is 2. The molecule has 0 aromatic heterocycles. The molecule has 0 saturated heterocycles. The van der Waals surface area contributed by atoms with Crippen molar-refractivity contribution in [1.29, 1.82) is 0 Å². The lowest BCUT2D eigenvalue weighted by Gasteiger charge is -2.13. The van der Waals surface area contributed by atoms with Gasteiger partial charge < -0.3 is 36.4 Å². The van der Waals surface area contributed by atoms with E-state index in [9.17, 15) is 54.3 Å². The number of aromatic hydroxyl groups is 2.